The Kier molecular flexibility index (Phi) is 10.9. The molecule has 5 rings (SSSR count). The van der Waals surface area contributed by atoms with Crippen molar-refractivity contribution in [1.29, 1.82) is 0 Å². The Labute approximate surface area is 257 Å². The molecular formula is C29H37N3O6S4. The van der Waals surface area contributed by atoms with Crippen LogP contribution in [0.5, 0.6) is 0 Å². The van der Waals surface area contributed by atoms with Gasteiger partial charge in [0, 0.05) is 23.1 Å². The quantitative estimate of drug-likeness (QED) is 0.262. The number of nitrogens with zero attached hydrogens (tertiary/aromatic N) is 2. The van der Waals surface area contributed by atoms with E-state index in [1.807, 2.05) is 58.0 Å². The van der Waals surface area contributed by atoms with E-state index in [9.17, 15) is 25.9 Å². The van der Waals surface area contributed by atoms with Crippen molar-refractivity contribution in [2.24, 2.45) is 0 Å². The van der Waals surface area contributed by atoms with Crippen LogP contribution in [-0.4, -0.2) is 63.6 Å². The largest absolute Gasteiger partial charge is 0.748 e. The van der Waals surface area contributed by atoms with E-state index in [-0.39, 0.29) is 13.1 Å². The molecule has 0 spiro atoms. The number of hydrogen-bond acceptors (Lipinski definition) is 9. The molecule has 1 N–H and O–H groups in total. The zero-order valence-electron chi connectivity index (χ0n) is 24.0. The molecule has 9 nitrogen and oxygen atoms in total. The van der Waals surface area contributed by atoms with Crippen LogP contribution in [0.15, 0.2) is 70.1 Å². The van der Waals surface area contributed by atoms with Gasteiger partial charge >= 0.3 is 0 Å². The Hall–Kier alpha value is -2.26. The second-order valence-corrected chi connectivity index (χ2v) is 15.2. The van der Waals surface area contributed by atoms with Crippen molar-refractivity contribution in [1.82, 2.24) is 0 Å². The van der Waals surface area contributed by atoms with Gasteiger partial charge in [0.15, 0.2) is 6.54 Å². The topological polar surface area (TPSA) is 126 Å². The van der Waals surface area contributed by atoms with Gasteiger partial charge in [0.25, 0.3) is 5.01 Å². The van der Waals surface area contributed by atoms with Gasteiger partial charge in [0.1, 0.15) is 14.8 Å². The normalized spacial score (nSPS) is 17.0. The van der Waals surface area contributed by atoms with Crippen LogP contribution >= 0.6 is 23.1 Å². The Balaban J connectivity index is 0.000000517. The third-order valence-corrected chi connectivity index (χ3v) is 11.3. The molecule has 2 aromatic carbocycles. The van der Waals surface area contributed by atoms with Crippen molar-refractivity contribution in [2.75, 3.05) is 42.6 Å². The van der Waals surface area contributed by atoms with Crippen LogP contribution in [0.25, 0.3) is 15.8 Å². The highest BCUT2D eigenvalue weighted by atomic mass is 32.2. The fourth-order valence-electron chi connectivity index (χ4n) is 5.11. The summed E-state index contributed by atoms with van der Waals surface area (Å²) < 4.78 is 70.9. The monoisotopic (exact) mass is 651 g/mol. The molecule has 0 atom stereocenters. The van der Waals surface area contributed by atoms with Crippen LogP contribution in [0.3, 0.4) is 0 Å². The molecule has 2 aliphatic rings. The molecule has 1 aromatic heterocycles. The van der Waals surface area contributed by atoms with E-state index in [0.717, 1.165) is 54.8 Å². The lowest BCUT2D eigenvalue weighted by Gasteiger charge is -2.22. The molecule has 228 valence electrons. The molecule has 0 saturated heterocycles. The first-order chi connectivity index (χ1) is 19.9. The van der Waals surface area contributed by atoms with E-state index >= 15 is 0 Å². The molecule has 0 bridgehead atoms. The number of fused-ring (bicyclic) bond motifs is 2. The summed E-state index contributed by atoms with van der Waals surface area (Å²) in [7, 11) is -8.74. The van der Waals surface area contributed by atoms with Gasteiger partial charge < -0.3 is 18.9 Å². The Morgan fingerprint density at radius 2 is 1.52 bits per heavy atom. The van der Waals surface area contributed by atoms with E-state index in [2.05, 4.69) is 26.8 Å². The second kappa shape index (κ2) is 14.0. The van der Waals surface area contributed by atoms with Gasteiger partial charge in [-0.3, -0.25) is 0 Å². The van der Waals surface area contributed by atoms with Crippen LogP contribution in [0.4, 0.5) is 5.69 Å². The lowest BCUT2D eigenvalue weighted by Crippen LogP contribution is -3.11. The molecule has 0 fully saturated rings. The maximum atomic E-state index is 11.3. The minimum Gasteiger partial charge on any atom is -0.748 e. The number of benzene rings is 2. The number of anilines is 1. The molecule has 42 heavy (non-hydrogen) atoms. The van der Waals surface area contributed by atoms with Gasteiger partial charge in [-0.1, -0.05) is 47.4 Å². The number of aromatic nitrogens is 1. The third kappa shape index (κ3) is 8.22. The summed E-state index contributed by atoms with van der Waals surface area (Å²) in [4.78, 5) is 4.57. The van der Waals surface area contributed by atoms with Crippen LogP contribution < -0.4 is 14.4 Å². The summed E-state index contributed by atoms with van der Waals surface area (Å²) in [6, 6.07) is 15.4. The highest BCUT2D eigenvalue weighted by Crippen LogP contribution is 2.49. The second-order valence-electron chi connectivity index (χ2n) is 10.1. The SMILES string of the molecule is CC[NH+](CC)CC.O=S(=O)([O-])CCN1/C(=C2/C=C(c3sc4ccccc4[n+]3CCS(=O)(=O)[O-])CC2)Sc2ccccc21. The van der Waals surface area contributed by atoms with Gasteiger partial charge in [-0.25, -0.2) is 16.8 Å². The summed E-state index contributed by atoms with van der Waals surface area (Å²) in [5, 5.41) is 1.80. The van der Waals surface area contributed by atoms with Crippen molar-refractivity contribution in [3.8, 4) is 0 Å². The zero-order valence-corrected chi connectivity index (χ0v) is 27.3. The predicted octanol–water partition coefficient (Wildman–Crippen LogP) is 3.21. The van der Waals surface area contributed by atoms with E-state index in [1.165, 1.54) is 19.6 Å². The number of aryl methyl sites for hydroxylation is 1. The number of quaternary nitrogens is 1. The molecule has 0 unspecified atom stereocenters. The van der Waals surface area contributed by atoms with E-state index in [1.54, 1.807) is 28.0 Å². The highest BCUT2D eigenvalue weighted by molar-refractivity contribution is 8.03. The predicted molar refractivity (Wildman–Crippen MR) is 168 cm³/mol. The first-order valence-corrected chi connectivity index (χ1v) is 18.8. The average molecular weight is 652 g/mol. The van der Waals surface area contributed by atoms with Crippen molar-refractivity contribution in [3.05, 3.63) is 70.2 Å². The van der Waals surface area contributed by atoms with Crippen molar-refractivity contribution in [2.45, 2.75) is 45.1 Å². The Morgan fingerprint density at radius 3 is 2.17 bits per heavy atom. The summed E-state index contributed by atoms with van der Waals surface area (Å²) in [5.41, 5.74) is 3.82. The minimum absolute atomic E-state index is 0.0715. The minimum atomic E-state index is -4.37. The van der Waals surface area contributed by atoms with Crippen LogP contribution in [0, 0.1) is 0 Å². The molecular weight excluding hydrogens is 615 g/mol. The van der Waals surface area contributed by atoms with E-state index < -0.39 is 31.7 Å². The van der Waals surface area contributed by atoms with Gasteiger partial charge in [-0.05, 0) is 63.5 Å². The van der Waals surface area contributed by atoms with E-state index in [4.69, 9.17) is 0 Å². The maximum Gasteiger partial charge on any atom is 0.266 e. The molecule has 0 amide bonds. The lowest BCUT2D eigenvalue weighted by molar-refractivity contribution is -0.894. The van der Waals surface area contributed by atoms with Gasteiger partial charge in [0.05, 0.1) is 52.0 Å². The molecule has 0 saturated carbocycles. The highest BCUT2D eigenvalue weighted by Gasteiger charge is 2.32. The molecule has 0 radical (unpaired) electrons. The standard InChI is InChI=1S/C23H22N2O6S4.C6H15N/c26-34(27,28)13-11-24-18-5-1-3-7-20(18)32-22(24)16-9-10-17(15-16)23-25(12-14-35(29,30)31)19-6-2-4-8-21(19)33-23;1-4-7(5-2)6-3/h1-8,15H,9-14H2,(H-,26,27,28,29,30,31);4-6H2,1-3H3. The fraction of sp³-hybridized carbons (Fsp3) is 0.414. The zero-order chi connectivity index (χ0) is 30.5. The smallest absolute Gasteiger partial charge is 0.266 e. The molecule has 1 aliphatic carbocycles. The molecule has 2 heterocycles. The fourth-order valence-corrected chi connectivity index (χ4v) is 8.38. The third-order valence-electron chi connectivity index (χ3n) is 7.41. The number of thioether (sulfide) groups is 1. The number of nitrogens with one attached hydrogen (secondary N) is 1. The van der Waals surface area contributed by atoms with Crippen LogP contribution in [0.2, 0.25) is 0 Å². The van der Waals surface area contributed by atoms with Crippen molar-refractivity contribution < 1.29 is 35.4 Å². The summed E-state index contributed by atoms with van der Waals surface area (Å²) in [6.07, 6.45) is 3.51. The Bertz CT molecular complexity index is 1690. The number of allylic oxidation sites excluding steroid dienone is 3. The number of hydrogen-bond donors (Lipinski definition) is 1. The van der Waals surface area contributed by atoms with Crippen molar-refractivity contribution >= 4 is 64.8 Å². The summed E-state index contributed by atoms with van der Waals surface area (Å²) in [5.74, 6) is -0.982. The first-order valence-electron chi connectivity index (χ1n) is 14.0. The first kappa shape index (κ1) is 32.6. The lowest BCUT2D eigenvalue weighted by atomic mass is 10.2. The van der Waals surface area contributed by atoms with Gasteiger partial charge in [-0.15, -0.1) is 0 Å². The summed E-state index contributed by atoms with van der Waals surface area (Å²) in [6.45, 7) is 10.6. The average Bonchev–Trinajstić information content (AvgIpc) is 3.66. The van der Waals surface area contributed by atoms with Crippen LogP contribution in [-0.2, 0) is 26.8 Å². The Morgan fingerprint density at radius 1 is 0.881 bits per heavy atom. The maximum absolute atomic E-state index is 11.3. The number of para-hydroxylation sites is 2. The number of rotatable bonds is 10. The molecule has 1 aliphatic heterocycles. The van der Waals surface area contributed by atoms with Gasteiger partial charge in [0.2, 0.25) is 5.52 Å². The summed E-state index contributed by atoms with van der Waals surface area (Å²) >= 11 is 3.10. The van der Waals surface area contributed by atoms with Crippen molar-refractivity contribution in [3.63, 3.8) is 0 Å². The van der Waals surface area contributed by atoms with Crippen LogP contribution in [0.1, 0.15) is 38.6 Å². The molecule has 13 heteroatoms. The molecule has 3 aromatic rings. The number of thiazole rings is 1. The van der Waals surface area contributed by atoms with Gasteiger partial charge in [-0.2, -0.15) is 4.57 Å². The van der Waals surface area contributed by atoms with E-state index in [0.29, 0.717) is 0 Å².